The molecule has 3 heterocycles. The average Bonchev–Trinajstić information content (AvgIpc) is 3.05. The third kappa shape index (κ3) is 3.18. The normalized spacial score (nSPS) is 17.7. The average molecular weight is 390 g/mol. The Balaban J connectivity index is 1.77. The second-order valence-electron chi connectivity index (χ2n) is 7.01. The standard InChI is InChI=1S/C19H20ClN3O2S/c1-22-8-6-19(25,7-9-22)11-23-12-21-17-16(18(23)24)14(10-26-17)13-4-2-3-5-15(13)20/h2-5,10,12,25H,6-9,11H2,1H3. The largest absolute Gasteiger partial charge is 0.388 e. The number of benzene rings is 1. The predicted molar refractivity (Wildman–Crippen MR) is 106 cm³/mol. The van der Waals surface area contributed by atoms with E-state index in [0.29, 0.717) is 28.1 Å². The quantitative estimate of drug-likeness (QED) is 0.747. The highest BCUT2D eigenvalue weighted by atomic mass is 35.5. The smallest absolute Gasteiger partial charge is 0.262 e. The van der Waals surface area contributed by atoms with Gasteiger partial charge in [-0.25, -0.2) is 4.98 Å². The van der Waals surface area contributed by atoms with Crippen LogP contribution in [0, 0.1) is 0 Å². The number of halogens is 1. The van der Waals surface area contributed by atoms with E-state index in [1.165, 1.54) is 11.3 Å². The van der Waals surface area contributed by atoms with E-state index in [-0.39, 0.29) is 12.1 Å². The summed E-state index contributed by atoms with van der Waals surface area (Å²) in [5, 5.41) is 14.0. The molecule has 0 bridgehead atoms. The number of aliphatic hydroxyl groups is 1. The maximum absolute atomic E-state index is 13.1. The summed E-state index contributed by atoms with van der Waals surface area (Å²) in [6.45, 7) is 1.91. The molecule has 1 aliphatic heterocycles. The molecule has 1 aliphatic rings. The molecular weight excluding hydrogens is 370 g/mol. The lowest BCUT2D eigenvalue weighted by molar-refractivity contribution is -0.0298. The Morgan fingerprint density at radius 2 is 2.00 bits per heavy atom. The van der Waals surface area contributed by atoms with Gasteiger partial charge in [-0.05, 0) is 26.0 Å². The molecular formula is C19H20ClN3O2S. The number of piperidine rings is 1. The monoisotopic (exact) mass is 389 g/mol. The number of fused-ring (bicyclic) bond motifs is 1. The molecule has 26 heavy (non-hydrogen) atoms. The summed E-state index contributed by atoms with van der Waals surface area (Å²) in [6.07, 6.45) is 2.85. The maximum Gasteiger partial charge on any atom is 0.262 e. The van der Waals surface area contributed by atoms with Gasteiger partial charge in [-0.3, -0.25) is 9.36 Å². The molecule has 0 spiro atoms. The highest BCUT2D eigenvalue weighted by Gasteiger charge is 2.32. The topological polar surface area (TPSA) is 58.4 Å². The molecule has 0 aliphatic carbocycles. The molecule has 3 aromatic rings. The number of aromatic nitrogens is 2. The summed E-state index contributed by atoms with van der Waals surface area (Å²) >= 11 is 7.76. The van der Waals surface area contributed by atoms with Gasteiger partial charge in [0.15, 0.2) is 0 Å². The highest BCUT2D eigenvalue weighted by molar-refractivity contribution is 7.17. The fourth-order valence-electron chi connectivity index (χ4n) is 3.47. The Kier molecular flexibility index (Phi) is 4.61. The molecule has 0 amide bonds. The summed E-state index contributed by atoms with van der Waals surface area (Å²) < 4.78 is 1.54. The van der Waals surface area contributed by atoms with Crippen LogP contribution in [0.4, 0.5) is 0 Å². The fourth-order valence-corrected chi connectivity index (χ4v) is 4.60. The van der Waals surface area contributed by atoms with Gasteiger partial charge in [0.05, 0.1) is 23.9 Å². The van der Waals surface area contributed by atoms with Crippen LogP contribution in [0.2, 0.25) is 5.02 Å². The van der Waals surface area contributed by atoms with Crippen LogP contribution in [-0.2, 0) is 6.54 Å². The molecule has 0 unspecified atom stereocenters. The number of hydrogen-bond acceptors (Lipinski definition) is 5. The van der Waals surface area contributed by atoms with Gasteiger partial charge >= 0.3 is 0 Å². The van der Waals surface area contributed by atoms with Crippen molar-refractivity contribution in [3.05, 3.63) is 51.3 Å². The van der Waals surface area contributed by atoms with Crippen molar-refractivity contribution < 1.29 is 5.11 Å². The first-order chi connectivity index (χ1) is 12.5. The van der Waals surface area contributed by atoms with Crippen LogP contribution in [0.5, 0.6) is 0 Å². The van der Waals surface area contributed by atoms with E-state index in [0.717, 1.165) is 24.2 Å². The van der Waals surface area contributed by atoms with Gasteiger partial charge in [-0.1, -0.05) is 29.8 Å². The molecule has 136 valence electrons. The number of thiophene rings is 1. The number of likely N-dealkylation sites (tertiary alicyclic amines) is 1. The number of hydrogen-bond donors (Lipinski definition) is 1. The van der Waals surface area contributed by atoms with E-state index in [9.17, 15) is 9.90 Å². The Morgan fingerprint density at radius 1 is 1.27 bits per heavy atom. The molecule has 5 nitrogen and oxygen atoms in total. The van der Waals surface area contributed by atoms with Gasteiger partial charge in [-0.15, -0.1) is 11.3 Å². The summed E-state index contributed by atoms with van der Waals surface area (Å²) in [6, 6.07) is 7.50. The minimum Gasteiger partial charge on any atom is -0.388 e. The van der Waals surface area contributed by atoms with E-state index in [1.54, 1.807) is 10.9 Å². The number of nitrogens with zero attached hydrogens (tertiary/aromatic N) is 3. The predicted octanol–water partition coefficient (Wildman–Crippen LogP) is 3.24. The van der Waals surface area contributed by atoms with Crippen LogP contribution >= 0.6 is 22.9 Å². The molecule has 0 atom stereocenters. The minimum atomic E-state index is -0.869. The van der Waals surface area contributed by atoms with Crippen molar-refractivity contribution in [2.24, 2.45) is 0 Å². The zero-order valence-electron chi connectivity index (χ0n) is 14.5. The van der Waals surface area contributed by atoms with E-state index < -0.39 is 5.60 Å². The molecule has 1 aromatic carbocycles. The highest BCUT2D eigenvalue weighted by Crippen LogP contribution is 2.35. The summed E-state index contributed by atoms with van der Waals surface area (Å²) in [5.41, 5.74) is 0.637. The summed E-state index contributed by atoms with van der Waals surface area (Å²) in [7, 11) is 2.04. The second-order valence-corrected chi connectivity index (χ2v) is 8.28. The van der Waals surface area contributed by atoms with Crippen molar-refractivity contribution in [3.8, 4) is 11.1 Å². The third-order valence-corrected chi connectivity index (χ3v) is 6.32. The van der Waals surface area contributed by atoms with Crippen LogP contribution in [-0.4, -0.2) is 45.3 Å². The van der Waals surface area contributed by atoms with E-state index in [2.05, 4.69) is 9.88 Å². The molecule has 0 radical (unpaired) electrons. The lowest BCUT2D eigenvalue weighted by Crippen LogP contribution is -2.46. The minimum absolute atomic E-state index is 0.126. The zero-order chi connectivity index (χ0) is 18.3. The summed E-state index contributed by atoms with van der Waals surface area (Å²) in [4.78, 5) is 20.5. The van der Waals surface area contributed by atoms with Crippen molar-refractivity contribution >= 4 is 33.2 Å². The molecule has 7 heteroatoms. The van der Waals surface area contributed by atoms with E-state index in [1.807, 2.05) is 36.7 Å². The van der Waals surface area contributed by atoms with Crippen LogP contribution in [0.25, 0.3) is 21.3 Å². The van der Waals surface area contributed by atoms with Crippen LogP contribution in [0.15, 0.2) is 40.8 Å². The first-order valence-electron chi connectivity index (χ1n) is 8.59. The lowest BCUT2D eigenvalue weighted by Gasteiger charge is -2.36. The van der Waals surface area contributed by atoms with Crippen molar-refractivity contribution in [2.75, 3.05) is 20.1 Å². The first kappa shape index (κ1) is 17.7. The second kappa shape index (κ2) is 6.78. The van der Waals surface area contributed by atoms with Crippen LogP contribution < -0.4 is 5.56 Å². The molecule has 2 aromatic heterocycles. The maximum atomic E-state index is 13.1. The van der Waals surface area contributed by atoms with Crippen LogP contribution in [0.3, 0.4) is 0 Å². The SMILES string of the molecule is CN1CCC(O)(Cn2cnc3scc(-c4ccccc4Cl)c3c2=O)CC1. The van der Waals surface area contributed by atoms with Crippen molar-refractivity contribution in [1.29, 1.82) is 0 Å². The van der Waals surface area contributed by atoms with Gasteiger partial charge < -0.3 is 10.0 Å². The van der Waals surface area contributed by atoms with Gasteiger partial charge in [0.1, 0.15) is 4.83 Å². The Labute approximate surface area is 160 Å². The summed E-state index contributed by atoms with van der Waals surface area (Å²) in [5.74, 6) is 0. The Bertz CT molecular complexity index is 1010. The zero-order valence-corrected chi connectivity index (χ0v) is 16.1. The van der Waals surface area contributed by atoms with Gasteiger partial charge in [0.2, 0.25) is 0 Å². The van der Waals surface area contributed by atoms with Gasteiger partial charge in [-0.2, -0.15) is 0 Å². The fraction of sp³-hybridized carbons (Fsp3) is 0.368. The molecule has 0 saturated carbocycles. The lowest BCUT2D eigenvalue weighted by atomic mass is 9.91. The van der Waals surface area contributed by atoms with E-state index >= 15 is 0 Å². The third-order valence-electron chi connectivity index (χ3n) is 5.11. The van der Waals surface area contributed by atoms with Crippen molar-refractivity contribution in [3.63, 3.8) is 0 Å². The molecule has 1 N–H and O–H groups in total. The van der Waals surface area contributed by atoms with Gasteiger partial charge in [0.25, 0.3) is 5.56 Å². The van der Waals surface area contributed by atoms with Crippen molar-refractivity contribution in [2.45, 2.75) is 25.0 Å². The van der Waals surface area contributed by atoms with Gasteiger partial charge in [0, 0.05) is 34.6 Å². The van der Waals surface area contributed by atoms with E-state index in [4.69, 9.17) is 11.6 Å². The number of rotatable bonds is 3. The first-order valence-corrected chi connectivity index (χ1v) is 9.85. The molecule has 1 saturated heterocycles. The molecule has 4 rings (SSSR count). The van der Waals surface area contributed by atoms with Crippen LogP contribution in [0.1, 0.15) is 12.8 Å². The van der Waals surface area contributed by atoms with Crippen molar-refractivity contribution in [1.82, 2.24) is 14.5 Å². The Hall–Kier alpha value is -1.73. The molecule has 1 fully saturated rings. The Morgan fingerprint density at radius 3 is 2.73 bits per heavy atom.